The van der Waals surface area contributed by atoms with Gasteiger partial charge in [-0.15, -0.1) is 0 Å². The van der Waals surface area contributed by atoms with Gasteiger partial charge in [-0.1, -0.05) is 291 Å². The van der Waals surface area contributed by atoms with Crippen LogP contribution in [0.4, 0.5) is 68.2 Å². The molecule has 0 saturated carbocycles. The summed E-state index contributed by atoms with van der Waals surface area (Å²) in [6, 6.07) is 140. The lowest BCUT2D eigenvalue weighted by atomic mass is 9.88. The largest absolute Gasteiger partial charge is 0.309 e. The molecule has 20 aromatic carbocycles. The van der Waals surface area contributed by atoms with Crippen molar-refractivity contribution in [2.45, 2.75) is 0 Å². The SMILES string of the molecule is c1ccc(N(c2c3ccccc3cc3ccccc23)c2cc(N(c3ccccc3)c3c4ccccc4cc4ccccc34)c3ccc4c(N(c5ccccc5)c5c6ccccc6cc6ccccc56)cc(N(c5ccccc5)c5c6ccccc6cc6ccccc56)c5ccc2c3c54)cc1. The highest BCUT2D eigenvalue weighted by Crippen LogP contribution is 2.59. The first kappa shape index (κ1) is 57.0. The summed E-state index contributed by atoms with van der Waals surface area (Å²) < 4.78 is 0. The second-order valence-electron chi connectivity index (χ2n) is 26.3. The van der Waals surface area contributed by atoms with Gasteiger partial charge in [-0.05, 0) is 128 Å². The number of rotatable bonds is 12. The molecule has 0 aromatic heterocycles. The summed E-state index contributed by atoms with van der Waals surface area (Å²) in [5, 5.41) is 25.3. The summed E-state index contributed by atoms with van der Waals surface area (Å²) in [5.74, 6) is 0. The van der Waals surface area contributed by atoms with Crippen LogP contribution in [0.5, 0.6) is 0 Å². The smallest absolute Gasteiger partial charge is 0.0618 e. The maximum Gasteiger partial charge on any atom is 0.0618 e. The minimum atomic E-state index is 1.04. The van der Waals surface area contributed by atoms with Gasteiger partial charge in [0.1, 0.15) is 0 Å². The number of anilines is 12. The normalized spacial score (nSPS) is 11.8. The molecule has 0 heterocycles. The molecule has 100 heavy (non-hydrogen) atoms. The molecule has 0 N–H and O–H groups in total. The summed E-state index contributed by atoms with van der Waals surface area (Å²) in [5.41, 5.74) is 12.8. The third kappa shape index (κ3) is 9.01. The molecule has 20 rings (SSSR count). The van der Waals surface area contributed by atoms with Crippen molar-refractivity contribution in [1.29, 1.82) is 0 Å². The van der Waals surface area contributed by atoms with Crippen molar-refractivity contribution in [2.24, 2.45) is 0 Å². The van der Waals surface area contributed by atoms with Crippen molar-refractivity contribution >= 4 is 187 Å². The van der Waals surface area contributed by atoms with Crippen molar-refractivity contribution in [2.75, 3.05) is 19.6 Å². The van der Waals surface area contributed by atoms with Gasteiger partial charge in [0.15, 0.2) is 0 Å². The Kier molecular flexibility index (Phi) is 13.2. The molecule has 0 amide bonds. The number of nitrogens with zero attached hydrogens (tertiary/aromatic N) is 4. The molecule has 0 atom stereocenters. The van der Waals surface area contributed by atoms with Gasteiger partial charge in [-0.3, -0.25) is 0 Å². The standard InChI is InChI=1S/C96H62N4/c1-5-37-71(38-6-1)97(93-75-45-21-13-29-63(75)57-64-30-14-22-46-76(64)93)87-61-88(98(72-39-7-2-8-40-72)94-77-47-23-15-31-65(77)58-66-32-16-24-48-78(66)94)84-55-56-86-90(100(74-43-11-4-12-44-74)96-81-51-27-19-35-69(81)60-70-36-20-28-52-82(70)96)62-89(85-54-53-83(87)91(84)92(85)86)99(73-41-9-3-10-42-73)95-79-49-25-17-33-67(79)59-68-34-18-26-50-80(68)95/h1-62H. The number of hydrogen-bond acceptors (Lipinski definition) is 4. The van der Waals surface area contributed by atoms with Crippen molar-refractivity contribution in [3.63, 3.8) is 0 Å². The zero-order chi connectivity index (χ0) is 65.8. The van der Waals surface area contributed by atoms with Gasteiger partial charge in [0.05, 0.1) is 45.5 Å². The average molecular weight is 1270 g/mol. The van der Waals surface area contributed by atoms with E-state index in [0.717, 1.165) is 144 Å². The third-order valence-corrected chi connectivity index (χ3v) is 20.7. The van der Waals surface area contributed by atoms with Gasteiger partial charge in [-0.25, -0.2) is 0 Å². The molecule has 0 radical (unpaired) electrons. The quantitative estimate of drug-likeness (QED) is 0.0893. The maximum atomic E-state index is 2.59. The minimum absolute atomic E-state index is 1.04. The van der Waals surface area contributed by atoms with E-state index in [1.54, 1.807) is 0 Å². The maximum absolute atomic E-state index is 2.59. The molecule has 4 nitrogen and oxygen atoms in total. The lowest BCUT2D eigenvalue weighted by Crippen LogP contribution is -2.17. The third-order valence-electron chi connectivity index (χ3n) is 20.7. The van der Waals surface area contributed by atoms with E-state index in [1.165, 1.54) is 43.1 Å². The van der Waals surface area contributed by atoms with E-state index in [2.05, 4.69) is 396 Å². The highest BCUT2D eigenvalue weighted by atomic mass is 15.2. The van der Waals surface area contributed by atoms with E-state index in [9.17, 15) is 0 Å². The van der Waals surface area contributed by atoms with E-state index in [4.69, 9.17) is 0 Å². The molecule has 0 aliphatic carbocycles. The van der Waals surface area contributed by atoms with Crippen molar-refractivity contribution in [3.05, 3.63) is 376 Å². The van der Waals surface area contributed by atoms with Crippen molar-refractivity contribution in [3.8, 4) is 0 Å². The van der Waals surface area contributed by atoms with Crippen LogP contribution in [0.2, 0.25) is 0 Å². The Morgan fingerprint density at radius 3 is 0.470 bits per heavy atom. The lowest BCUT2D eigenvalue weighted by molar-refractivity contribution is 1.29. The monoisotopic (exact) mass is 1270 g/mol. The molecule has 20 aromatic rings. The van der Waals surface area contributed by atoms with Crippen molar-refractivity contribution in [1.82, 2.24) is 0 Å². The molecular weight excluding hydrogens is 1210 g/mol. The molecule has 0 fully saturated rings. The van der Waals surface area contributed by atoms with Gasteiger partial charge in [-0.2, -0.15) is 0 Å². The molecule has 0 aliphatic heterocycles. The number of hydrogen-bond donors (Lipinski definition) is 0. The van der Waals surface area contributed by atoms with Crippen LogP contribution in [0.3, 0.4) is 0 Å². The van der Waals surface area contributed by atoms with Crippen LogP contribution in [0.25, 0.3) is 118 Å². The Morgan fingerprint density at radius 2 is 0.290 bits per heavy atom. The summed E-state index contributed by atoms with van der Waals surface area (Å²) in [7, 11) is 0. The van der Waals surface area contributed by atoms with E-state index in [1.807, 2.05) is 0 Å². The zero-order valence-electron chi connectivity index (χ0n) is 54.6. The van der Waals surface area contributed by atoms with Crippen LogP contribution in [0.15, 0.2) is 376 Å². The number of fused-ring (bicyclic) bond motifs is 8. The van der Waals surface area contributed by atoms with Crippen LogP contribution >= 0.6 is 0 Å². The fraction of sp³-hybridized carbons (Fsp3) is 0. The molecule has 0 bridgehead atoms. The van der Waals surface area contributed by atoms with E-state index < -0.39 is 0 Å². The van der Waals surface area contributed by atoms with Gasteiger partial charge in [0, 0.05) is 98.2 Å². The predicted octanol–water partition coefficient (Wildman–Crippen LogP) is 27.7. The van der Waals surface area contributed by atoms with Crippen LogP contribution < -0.4 is 19.6 Å². The molecule has 0 saturated heterocycles. The Labute approximate surface area is 578 Å². The first-order valence-electron chi connectivity index (χ1n) is 34.5. The summed E-state index contributed by atoms with van der Waals surface area (Å²) in [6.07, 6.45) is 0. The lowest BCUT2D eigenvalue weighted by Gasteiger charge is -2.36. The highest BCUT2D eigenvalue weighted by Gasteiger charge is 2.33. The second kappa shape index (κ2) is 23.2. The van der Waals surface area contributed by atoms with Crippen LogP contribution in [-0.2, 0) is 0 Å². The fourth-order valence-electron chi connectivity index (χ4n) is 16.4. The Balaban J connectivity index is 1.03. The molecule has 0 aliphatic rings. The first-order valence-corrected chi connectivity index (χ1v) is 34.5. The zero-order valence-corrected chi connectivity index (χ0v) is 54.6. The second-order valence-corrected chi connectivity index (χ2v) is 26.3. The van der Waals surface area contributed by atoms with Gasteiger partial charge in [0.2, 0.25) is 0 Å². The highest BCUT2D eigenvalue weighted by molar-refractivity contribution is 6.35. The first-order chi connectivity index (χ1) is 49.7. The molecule has 4 heteroatoms. The predicted molar refractivity (Wildman–Crippen MR) is 429 cm³/mol. The summed E-state index contributed by atoms with van der Waals surface area (Å²) >= 11 is 0. The molecule has 0 spiro atoms. The van der Waals surface area contributed by atoms with Gasteiger partial charge < -0.3 is 19.6 Å². The summed E-state index contributed by atoms with van der Waals surface area (Å²) in [6.45, 7) is 0. The summed E-state index contributed by atoms with van der Waals surface area (Å²) in [4.78, 5) is 10.3. The van der Waals surface area contributed by atoms with Gasteiger partial charge >= 0.3 is 0 Å². The van der Waals surface area contributed by atoms with E-state index >= 15 is 0 Å². The fourth-order valence-corrected chi connectivity index (χ4v) is 16.4. The Hall–Kier alpha value is -13.3. The topological polar surface area (TPSA) is 13.0 Å². The minimum Gasteiger partial charge on any atom is -0.309 e. The molecular formula is C96H62N4. The van der Waals surface area contributed by atoms with Crippen LogP contribution in [0.1, 0.15) is 0 Å². The van der Waals surface area contributed by atoms with E-state index in [0.29, 0.717) is 0 Å². The number of benzene rings is 20. The molecule has 466 valence electrons. The Bertz CT molecular complexity index is 5600. The van der Waals surface area contributed by atoms with Gasteiger partial charge in [0.25, 0.3) is 0 Å². The van der Waals surface area contributed by atoms with Crippen LogP contribution in [0, 0.1) is 0 Å². The average Bonchev–Trinajstić information content (AvgIpc) is 0.692. The van der Waals surface area contributed by atoms with E-state index in [-0.39, 0.29) is 0 Å². The Morgan fingerprint density at radius 1 is 0.130 bits per heavy atom. The molecule has 0 unspecified atom stereocenters. The van der Waals surface area contributed by atoms with Crippen LogP contribution in [-0.4, -0.2) is 0 Å². The number of para-hydroxylation sites is 4. The van der Waals surface area contributed by atoms with Crippen molar-refractivity contribution < 1.29 is 0 Å².